The van der Waals surface area contributed by atoms with Crippen LogP contribution in [0.2, 0.25) is 0 Å². The molecular weight excluding hydrogens is 260 g/mol. The SMILES string of the molecule is O=[N+]([O-])c1ccc(N2CCNCC2)cc1OC(F)F. The van der Waals surface area contributed by atoms with Crippen molar-refractivity contribution in [3.05, 3.63) is 28.3 Å². The molecular formula is C11H13F2N3O3. The Balaban J connectivity index is 2.28. The summed E-state index contributed by atoms with van der Waals surface area (Å²) in [5, 5.41) is 13.9. The summed E-state index contributed by atoms with van der Waals surface area (Å²) in [7, 11) is 0. The zero-order valence-electron chi connectivity index (χ0n) is 10.0. The maximum atomic E-state index is 12.3. The van der Waals surface area contributed by atoms with Gasteiger partial charge >= 0.3 is 12.3 Å². The Hall–Kier alpha value is -1.96. The van der Waals surface area contributed by atoms with Crippen LogP contribution < -0.4 is 15.0 Å². The average molecular weight is 273 g/mol. The zero-order valence-corrected chi connectivity index (χ0v) is 10.0. The van der Waals surface area contributed by atoms with Crippen molar-refractivity contribution >= 4 is 11.4 Å². The molecule has 1 N–H and O–H groups in total. The quantitative estimate of drug-likeness (QED) is 0.666. The normalized spacial score (nSPS) is 15.6. The molecule has 1 aromatic rings. The molecule has 1 heterocycles. The summed E-state index contributed by atoms with van der Waals surface area (Å²) < 4.78 is 28.8. The summed E-state index contributed by atoms with van der Waals surface area (Å²) in [6.45, 7) is -0.0981. The fraction of sp³-hybridized carbons (Fsp3) is 0.455. The molecule has 8 heteroatoms. The smallest absolute Gasteiger partial charge is 0.387 e. The monoisotopic (exact) mass is 273 g/mol. The number of hydrogen-bond donors (Lipinski definition) is 1. The topological polar surface area (TPSA) is 67.6 Å². The van der Waals surface area contributed by atoms with E-state index in [1.54, 1.807) is 6.07 Å². The van der Waals surface area contributed by atoms with Crippen molar-refractivity contribution in [3.63, 3.8) is 0 Å². The van der Waals surface area contributed by atoms with Gasteiger partial charge in [0.15, 0.2) is 0 Å². The molecule has 0 saturated carbocycles. The van der Waals surface area contributed by atoms with Crippen LogP contribution in [0.15, 0.2) is 18.2 Å². The van der Waals surface area contributed by atoms with Gasteiger partial charge in [0.2, 0.25) is 5.75 Å². The molecule has 1 aliphatic rings. The minimum absolute atomic E-state index is 0.406. The first-order chi connectivity index (χ1) is 9.08. The lowest BCUT2D eigenvalue weighted by Gasteiger charge is -2.29. The average Bonchev–Trinajstić information content (AvgIpc) is 2.38. The van der Waals surface area contributed by atoms with Crippen molar-refractivity contribution in [3.8, 4) is 5.75 Å². The van der Waals surface area contributed by atoms with E-state index in [4.69, 9.17) is 0 Å². The van der Waals surface area contributed by atoms with E-state index in [1.165, 1.54) is 12.1 Å². The highest BCUT2D eigenvalue weighted by atomic mass is 19.3. The Labute approximate surface area is 108 Å². The van der Waals surface area contributed by atoms with Gasteiger partial charge in [-0.1, -0.05) is 0 Å². The van der Waals surface area contributed by atoms with Crippen LogP contribution in [0, 0.1) is 10.1 Å². The Bertz CT molecular complexity index is 464. The van der Waals surface area contributed by atoms with E-state index in [1.807, 2.05) is 4.90 Å². The van der Waals surface area contributed by atoms with Gasteiger partial charge in [0.1, 0.15) is 0 Å². The van der Waals surface area contributed by atoms with Crippen molar-refractivity contribution in [1.29, 1.82) is 0 Å². The lowest BCUT2D eigenvalue weighted by molar-refractivity contribution is -0.386. The lowest BCUT2D eigenvalue weighted by Crippen LogP contribution is -2.43. The Morgan fingerprint density at radius 2 is 2.05 bits per heavy atom. The number of rotatable bonds is 4. The molecule has 0 atom stereocenters. The maximum absolute atomic E-state index is 12.3. The molecule has 6 nitrogen and oxygen atoms in total. The van der Waals surface area contributed by atoms with Gasteiger partial charge in [0, 0.05) is 44.0 Å². The number of alkyl halides is 2. The summed E-state index contributed by atoms with van der Waals surface area (Å²) in [4.78, 5) is 12.0. The lowest BCUT2D eigenvalue weighted by atomic mass is 10.2. The third-order valence-electron chi connectivity index (χ3n) is 2.84. The van der Waals surface area contributed by atoms with Gasteiger partial charge < -0.3 is 15.0 Å². The molecule has 19 heavy (non-hydrogen) atoms. The highest BCUT2D eigenvalue weighted by Crippen LogP contribution is 2.32. The first-order valence-corrected chi connectivity index (χ1v) is 5.77. The second-order valence-electron chi connectivity index (χ2n) is 4.02. The van der Waals surface area contributed by atoms with Gasteiger partial charge in [-0.25, -0.2) is 0 Å². The summed E-state index contributed by atoms with van der Waals surface area (Å²) in [5.41, 5.74) is 0.182. The van der Waals surface area contributed by atoms with E-state index < -0.39 is 23.0 Å². The van der Waals surface area contributed by atoms with E-state index >= 15 is 0 Å². The van der Waals surface area contributed by atoms with Gasteiger partial charge in [-0.15, -0.1) is 0 Å². The molecule has 2 rings (SSSR count). The molecule has 0 spiro atoms. The zero-order chi connectivity index (χ0) is 13.8. The summed E-state index contributed by atoms with van der Waals surface area (Å²) >= 11 is 0. The molecule has 0 bridgehead atoms. The van der Waals surface area contributed by atoms with Crippen LogP contribution in [-0.4, -0.2) is 37.7 Å². The number of nitrogens with one attached hydrogen (secondary N) is 1. The van der Waals surface area contributed by atoms with Crippen LogP contribution in [0.5, 0.6) is 5.75 Å². The number of hydrogen-bond acceptors (Lipinski definition) is 5. The highest BCUT2D eigenvalue weighted by Gasteiger charge is 2.21. The molecule has 1 fully saturated rings. The van der Waals surface area contributed by atoms with E-state index in [9.17, 15) is 18.9 Å². The number of nitro groups is 1. The molecule has 1 aromatic carbocycles. The molecule has 0 radical (unpaired) electrons. The van der Waals surface area contributed by atoms with Gasteiger partial charge in [-0.2, -0.15) is 8.78 Å². The van der Waals surface area contributed by atoms with Gasteiger partial charge in [-0.3, -0.25) is 10.1 Å². The van der Waals surface area contributed by atoms with Crippen LogP contribution in [0.3, 0.4) is 0 Å². The third kappa shape index (κ3) is 3.28. The molecule has 1 saturated heterocycles. The minimum Gasteiger partial charge on any atom is -0.427 e. The number of benzene rings is 1. The fourth-order valence-electron chi connectivity index (χ4n) is 1.96. The predicted octanol–water partition coefficient (Wildman–Crippen LogP) is 1.61. The van der Waals surface area contributed by atoms with Crippen LogP contribution in [0.4, 0.5) is 20.2 Å². The molecule has 0 aromatic heterocycles. The van der Waals surface area contributed by atoms with E-state index in [0.717, 1.165) is 13.1 Å². The summed E-state index contributed by atoms with van der Waals surface area (Å²) in [6, 6.07) is 4.02. The number of piperazine rings is 1. The van der Waals surface area contributed by atoms with Gasteiger partial charge in [-0.05, 0) is 6.07 Å². The number of nitrogens with zero attached hydrogens (tertiary/aromatic N) is 2. The van der Waals surface area contributed by atoms with Crippen LogP contribution in [0.1, 0.15) is 0 Å². The van der Waals surface area contributed by atoms with Crippen molar-refractivity contribution in [2.45, 2.75) is 6.61 Å². The van der Waals surface area contributed by atoms with Crippen LogP contribution >= 0.6 is 0 Å². The number of anilines is 1. The van der Waals surface area contributed by atoms with E-state index in [-0.39, 0.29) is 0 Å². The summed E-state index contributed by atoms with van der Waals surface area (Å²) in [6.07, 6.45) is 0. The van der Waals surface area contributed by atoms with Crippen molar-refractivity contribution in [2.75, 3.05) is 31.1 Å². The first kappa shape index (κ1) is 13.5. The van der Waals surface area contributed by atoms with E-state index in [0.29, 0.717) is 18.8 Å². The van der Waals surface area contributed by atoms with Crippen molar-refractivity contribution < 1.29 is 18.4 Å². The molecule has 0 amide bonds. The highest BCUT2D eigenvalue weighted by molar-refractivity contribution is 5.59. The molecule has 1 aliphatic heterocycles. The van der Waals surface area contributed by atoms with Crippen LogP contribution in [-0.2, 0) is 0 Å². The molecule has 0 aliphatic carbocycles. The first-order valence-electron chi connectivity index (χ1n) is 5.77. The Morgan fingerprint density at radius 3 is 2.63 bits per heavy atom. The second kappa shape index (κ2) is 5.79. The van der Waals surface area contributed by atoms with Gasteiger partial charge in [0.05, 0.1) is 4.92 Å². The van der Waals surface area contributed by atoms with Crippen molar-refractivity contribution in [1.82, 2.24) is 5.32 Å². The standard InChI is InChI=1S/C11H13F2N3O3/c12-11(13)19-10-7-8(1-2-9(10)16(17)18)15-5-3-14-4-6-15/h1-2,7,11,14H,3-6H2. The Kier molecular flexibility index (Phi) is 4.10. The third-order valence-corrected chi connectivity index (χ3v) is 2.84. The number of nitro benzene ring substituents is 1. The summed E-state index contributed by atoms with van der Waals surface area (Å²) in [5.74, 6) is -0.406. The largest absolute Gasteiger partial charge is 0.427 e. The predicted molar refractivity (Wildman–Crippen MR) is 64.8 cm³/mol. The maximum Gasteiger partial charge on any atom is 0.387 e. The minimum atomic E-state index is -3.09. The fourth-order valence-corrected chi connectivity index (χ4v) is 1.96. The van der Waals surface area contributed by atoms with Crippen molar-refractivity contribution in [2.24, 2.45) is 0 Å². The Morgan fingerprint density at radius 1 is 1.37 bits per heavy atom. The van der Waals surface area contributed by atoms with Crippen LogP contribution in [0.25, 0.3) is 0 Å². The molecule has 0 unspecified atom stereocenters. The second-order valence-corrected chi connectivity index (χ2v) is 4.02. The number of halogens is 2. The van der Waals surface area contributed by atoms with Gasteiger partial charge in [0.25, 0.3) is 0 Å². The number of ether oxygens (including phenoxy) is 1. The van der Waals surface area contributed by atoms with E-state index in [2.05, 4.69) is 10.1 Å². The molecule has 104 valence electrons.